The molecule has 0 amide bonds. The number of benzene rings is 1. The minimum atomic E-state index is -4.59. The molecule has 0 aromatic heterocycles. The van der Waals surface area contributed by atoms with Gasteiger partial charge in [0.15, 0.2) is 0 Å². The summed E-state index contributed by atoms with van der Waals surface area (Å²) >= 11 is 0. The maximum Gasteiger partial charge on any atom is 0.416 e. The second kappa shape index (κ2) is 4.77. The van der Waals surface area contributed by atoms with Crippen LogP contribution in [0.4, 0.5) is 13.2 Å². The van der Waals surface area contributed by atoms with Crippen LogP contribution in [-0.4, -0.2) is 25.7 Å². The lowest BCUT2D eigenvalue weighted by Gasteiger charge is -2.31. The second-order valence-electron chi connectivity index (χ2n) is 4.47. The summed E-state index contributed by atoms with van der Waals surface area (Å²) in [6.45, 7) is 0. The third-order valence-corrected chi connectivity index (χ3v) is 4.42. The molecular weight excluding hydrogens is 283 g/mol. The number of aliphatic hydroxyl groups excluding tert-OH is 1. The van der Waals surface area contributed by atoms with Crippen molar-refractivity contribution in [3.8, 4) is 0 Å². The summed E-state index contributed by atoms with van der Waals surface area (Å²) in [7, 11) is -3.99. The van der Waals surface area contributed by atoms with Crippen molar-refractivity contribution in [2.45, 2.75) is 36.1 Å². The minimum absolute atomic E-state index is 0.276. The van der Waals surface area contributed by atoms with E-state index in [1.54, 1.807) is 0 Å². The lowest BCUT2D eigenvalue weighted by atomic mass is 9.91. The standard InChI is InChI=1S/C11H12F3NO3S/c12-11(13,14)7-2-1-3-10(4-7)19(17,18)15-8-5-9(16)6-8/h1-4,8-9,15-16H,5-6H2. The van der Waals surface area contributed by atoms with Gasteiger partial charge in [-0.25, -0.2) is 13.1 Å². The molecule has 4 nitrogen and oxygen atoms in total. The number of aliphatic hydroxyl groups is 1. The molecule has 2 rings (SSSR count). The molecule has 1 aliphatic rings. The first-order valence-electron chi connectivity index (χ1n) is 5.56. The van der Waals surface area contributed by atoms with Gasteiger partial charge in [-0.2, -0.15) is 13.2 Å². The summed E-state index contributed by atoms with van der Waals surface area (Å²) < 4.78 is 63.5. The van der Waals surface area contributed by atoms with Gasteiger partial charge >= 0.3 is 6.18 Å². The van der Waals surface area contributed by atoms with Crippen molar-refractivity contribution in [1.82, 2.24) is 4.72 Å². The van der Waals surface area contributed by atoms with Gasteiger partial charge in [0, 0.05) is 6.04 Å². The molecule has 0 radical (unpaired) electrons. The molecule has 8 heteroatoms. The van der Waals surface area contributed by atoms with Gasteiger partial charge in [0.2, 0.25) is 10.0 Å². The highest BCUT2D eigenvalue weighted by atomic mass is 32.2. The largest absolute Gasteiger partial charge is 0.416 e. The SMILES string of the molecule is O=S(=O)(NC1CC(O)C1)c1cccc(C(F)(F)F)c1. The van der Waals surface area contributed by atoms with E-state index in [4.69, 9.17) is 5.11 Å². The van der Waals surface area contributed by atoms with Crippen LogP contribution in [0.1, 0.15) is 18.4 Å². The fourth-order valence-corrected chi connectivity index (χ4v) is 3.12. The number of hydrogen-bond donors (Lipinski definition) is 2. The highest BCUT2D eigenvalue weighted by Gasteiger charge is 2.34. The Kier molecular flexibility index (Phi) is 3.59. The monoisotopic (exact) mass is 295 g/mol. The highest BCUT2D eigenvalue weighted by Crippen LogP contribution is 2.30. The normalized spacial score (nSPS) is 24.0. The number of hydrogen-bond acceptors (Lipinski definition) is 3. The van der Waals surface area contributed by atoms with Gasteiger partial charge in [-0.05, 0) is 31.0 Å². The van der Waals surface area contributed by atoms with Crippen LogP contribution in [-0.2, 0) is 16.2 Å². The molecule has 0 spiro atoms. The minimum Gasteiger partial charge on any atom is -0.393 e. The molecule has 0 bridgehead atoms. The summed E-state index contributed by atoms with van der Waals surface area (Å²) in [5.41, 5.74) is -1.01. The zero-order valence-electron chi connectivity index (χ0n) is 9.68. The Labute approximate surface area is 108 Å². The van der Waals surface area contributed by atoms with Crippen LogP contribution in [0, 0.1) is 0 Å². The van der Waals surface area contributed by atoms with Crippen molar-refractivity contribution in [1.29, 1.82) is 0 Å². The molecule has 0 saturated heterocycles. The Morgan fingerprint density at radius 2 is 1.89 bits per heavy atom. The van der Waals surface area contributed by atoms with Crippen LogP contribution in [0.25, 0.3) is 0 Å². The van der Waals surface area contributed by atoms with Gasteiger partial charge in [0.25, 0.3) is 0 Å². The predicted molar refractivity (Wildman–Crippen MR) is 60.8 cm³/mol. The Morgan fingerprint density at radius 1 is 1.26 bits per heavy atom. The van der Waals surface area contributed by atoms with E-state index < -0.39 is 38.8 Å². The van der Waals surface area contributed by atoms with E-state index in [0.717, 1.165) is 18.2 Å². The van der Waals surface area contributed by atoms with Crippen molar-refractivity contribution in [2.24, 2.45) is 0 Å². The predicted octanol–water partition coefficient (Wildman–Crippen LogP) is 1.51. The van der Waals surface area contributed by atoms with E-state index in [-0.39, 0.29) is 12.8 Å². The topological polar surface area (TPSA) is 66.4 Å². The lowest BCUT2D eigenvalue weighted by Crippen LogP contribution is -2.46. The number of nitrogens with one attached hydrogen (secondary N) is 1. The fourth-order valence-electron chi connectivity index (χ4n) is 1.81. The number of halogens is 3. The van der Waals surface area contributed by atoms with E-state index >= 15 is 0 Å². The number of rotatable bonds is 3. The van der Waals surface area contributed by atoms with E-state index in [9.17, 15) is 21.6 Å². The van der Waals surface area contributed by atoms with Gasteiger partial charge in [-0.1, -0.05) is 6.07 Å². The summed E-state index contributed by atoms with van der Waals surface area (Å²) in [5.74, 6) is 0. The zero-order chi connectivity index (χ0) is 14.3. The third kappa shape index (κ3) is 3.26. The van der Waals surface area contributed by atoms with Crippen LogP contribution < -0.4 is 4.72 Å². The van der Waals surface area contributed by atoms with Crippen molar-refractivity contribution < 1.29 is 26.7 Å². The maximum absolute atomic E-state index is 12.5. The van der Waals surface area contributed by atoms with Crippen LogP contribution in [0.3, 0.4) is 0 Å². The molecule has 0 atom stereocenters. The number of alkyl halides is 3. The van der Waals surface area contributed by atoms with E-state index in [1.807, 2.05) is 0 Å². The Morgan fingerprint density at radius 3 is 2.42 bits per heavy atom. The van der Waals surface area contributed by atoms with Crippen LogP contribution in [0.15, 0.2) is 29.2 Å². The van der Waals surface area contributed by atoms with Crippen LogP contribution in [0.5, 0.6) is 0 Å². The van der Waals surface area contributed by atoms with Gasteiger partial charge in [0.1, 0.15) is 0 Å². The zero-order valence-corrected chi connectivity index (χ0v) is 10.5. The van der Waals surface area contributed by atoms with Gasteiger partial charge in [-0.3, -0.25) is 0 Å². The van der Waals surface area contributed by atoms with Gasteiger partial charge in [0.05, 0.1) is 16.6 Å². The molecule has 1 aromatic carbocycles. The van der Waals surface area contributed by atoms with Crippen molar-refractivity contribution >= 4 is 10.0 Å². The first kappa shape index (κ1) is 14.3. The van der Waals surface area contributed by atoms with Crippen molar-refractivity contribution in [3.05, 3.63) is 29.8 Å². The van der Waals surface area contributed by atoms with E-state index in [2.05, 4.69) is 4.72 Å². The Hall–Kier alpha value is -1.12. The van der Waals surface area contributed by atoms with Crippen molar-refractivity contribution in [2.75, 3.05) is 0 Å². The Bertz CT molecular complexity index is 565. The van der Waals surface area contributed by atoms with Gasteiger partial charge < -0.3 is 5.11 Å². The summed E-state index contributed by atoms with van der Waals surface area (Å²) in [4.78, 5) is -0.427. The number of sulfonamides is 1. The van der Waals surface area contributed by atoms with Crippen LogP contribution in [0.2, 0.25) is 0 Å². The quantitative estimate of drug-likeness (QED) is 0.888. The first-order chi connectivity index (χ1) is 8.68. The summed E-state index contributed by atoms with van der Waals surface area (Å²) in [6, 6.07) is 3.14. The molecule has 2 N–H and O–H groups in total. The summed E-state index contributed by atoms with van der Waals surface area (Å²) in [6.07, 6.45) is -4.58. The molecule has 1 aliphatic carbocycles. The third-order valence-electron chi connectivity index (χ3n) is 2.91. The molecule has 1 fully saturated rings. The smallest absolute Gasteiger partial charge is 0.393 e. The Balaban J connectivity index is 2.21. The average Bonchev–Trinajstić information content (AvgIpc) is 2.26. The molecule has 0 aliphatic heterocycles. The average molecular weight is 295 g/mol. The van der Waals surface area contributed by atoms with E-state index in [1.165, 1.54) is 0 Å². The van der Waals surface area contributed by atoms with Crippen LogP contribution >= 0.6 is 0 Å². The molecule has 1 saturated carbocycles. The van der Waals surface area contributed by atoms with Gasteiger partial charge in [-0.15, -0.1) is 0 Å². The highest BCUT2D eigenvalue weighted by molar-refractivity contribution is 7.89. The molecular formula is C11H12F3NO3S. The molecule has 1 aromatic rings. The molecule has 106 valence electrons. The van der Waals surface area contributed by atoms with Crippen molar-refractivity contribution in [3.63, 3.8) is 0 Å². The first-order valence-corrected chi connectivity index (χ1v) is 7.04. The summed E-state index contributed by atoms with van der Waals surface area (Å²) in [5, 5.41) is 9.05. The molecule has 0 heterocycles. The van der Waals surface area contributed by atoms with E-state index in [0.29, 0.717) is 6.07 Å². The fraction of sp³-hybridized carbons (Fsp3) is 0.455. The molecule has 19 heavy (non-hydrogen) atoms. The maximum atomic E-state index is 12.5. The second-order valence-corrected chi connectivity index (χ2v) is 6.18. The molecule has 0 unspecified atom stereocenters. The lowest BCUT2D eigenvalue weighted by molar-refractivity contribution is -0.137.